The Morgan fingerprint density at radius 3 is 2.29 bits per heavy atom. The van der Waals surface area contributed by atoms with Gasteiger partial charge in [0.05, 0.1) is 6.61 Å². The lowest BCUT2D eigenvalue weighted by atomic mass is 10.1. The third kappa shape index (κ3) is 5.63. The van der Waals surface area contributed by atoms with Gasteiger partial charge in [-0.05, 0) is 61.4 Å². The van der Waals surface area contributed by atoms with Gasteiger partial charge in [0.15, 0.2) is 6.61 Å². The first-order valence-corrected chi connectivity index (χ1v) is 11.0. The number of amides is 2. The first-order valence-electron chi connectivity index (χ1n) is 10.3. The Labute approximate surface area is 191 Å². The van der Waals surface area contributed by atoms with Crippen LogP contribution in [-0.2, 0) is 9.59 Å². The average Bonchev–Trinajstić information content (AvgIpc) is 3.29. The first kappa shape index (κ1) is 21.8. The molecule has 2 unspecified atom stereocenters. The molecule has 2 aromatic carbocycles. The minimum Gasteiger partial charge on any atom is -0.494 e. The minimum absolute atomic E-state index is 0.0214. The molecule has 31 heavy (non-hydrogen) atoms. The van der Waals surface area contributed by atoms with Gasteiger partial charge in [-0.25, -0.2) is 0 Å². The third-order valence-electron chi connectivity index (χ3n) is 5.72. The Hall–Kier alpha value is -2.44. The molecule has 1 saturated heterocycles. The van der Waals surface area contributed by atoms with E-state index in [1.165, 1.54) is 0 Å². The van der Waals surface area contributed by atoms with Crippen LogP contribution in [0.1, 0.15) is 19.3 Å². The summed E-state index contributed by atoms with van der Waals surface area (Å²) in [6.45, 7) is 1.79. The van der Waals surface area contributed by atoms with Crippen molar-refractivity contribution in [2.75, 3.05) is 26.3 Å². The van der Waals surface area contributed by atoms with Gasteiger partial charge in [-0.1, -0.05) is 23.2 Å². The summed E-state index contributed by atoms with van der Waals surface area (Å²) in [6, 6.07) is 14.1. The van der Waals surface area contributed by atoms with Gasteiger partial charge in [-0.3, -0.25) is 9.59 Å². The summed E-state index contributed by atoms with van der Waals surface area (Å²) < 4.78 is 11.2. The number of hydrogen-bond donors (Lipinski definition) is 1. The maximum atomic E-state index is 12.4. The molecule has 1 aliphatic carbocycles. The van der Waals surface area contributed by atoms with E-state index in [4.69, 9.17) is 32.7 Å². The number of hydrogen-bond acceptors (Lipinski definition) is 4. The number of carbonyl (C=O) groups is 2. The lowest BCUT2D eigenvalue weighted by Crippen LogP contribution is -2.34. The second-order valence-electron chi connectivity index (χ2n) is 8.08. The van der Waals surface area contributed by atoms with E-state index in [-0.39, 0.29) is 29.9 Å². The highest BCUT2D eigenvalue weighted by Gasteiger charge is 2.60. The molecule has 0 bridgehead atoms. The van der Waals surface area contributed by atoms with E-state index in [9.17, 15) is 9.59 Å². The van der Waals surface area contributed by atoms with E-state index in [0.717, 1.165) is 18.6 Å². The molecule has 0 aromatic heterocycles. The van der Waals surface area contributed by atoms with Crippen LogP contribution in [0.25, 0.3) is 0 Å². The second-order valence-corrected chi connectivity index (χ2v) is 8.95. The number of ether oxygens (including phenoxy) is 2. The molecule has 0 radical (unpaired) electrons. The van der Waals surface area contributed by atoms with Crippen molar-refractivity contribution in [1.29, 1.82) is 0 Å². The van der Waals surface area contributed by atoms with Crippen LogP contribution < -0.4 is 14.8 Å². The summed E-state index contributed by atoms with van der Waals surface area (Å²) >= 11 is 11.7. The summed E-state index contributed by atoms with van der Waals surface area (Å²) in [4.78, 5) is 26.5. The van der Waals surface area contributed by atoms with Gasteiger partial charge >= 0.3 is 0 Å². The normalized spacial score (nSPS) is 21.9. The first-order chi connectivity index (χ1) is 14.9. The van der Waals surface area contributed by atoms with Crippen molar-refractivity contribution in [2.45, 2.75) is 25.3 Å². The Bertz CT molecular complexity index is 936. The number of halogens is 2. The van der Waals surface area contributed by atoms with Crippen molar-refractivity contribution < 1.29 is 19.1 Å². The molecular formula is C23H24Cl2N2O4. The zero-order chi connectivity index (χ0) is 21.8. The van der Waals surface area contributed by atoms with Crippen LogP contribution in [0, 0.1) is 5.41 Å². The van der Waals surface area contributed by atoms with Gasteiger partial charge in [0.2, 0.25) is 5.91 Å². The fourth-order valence-corrected chi connectivity index (χ4v) is 4.21. The van der Waals surface area contributed by atoms with Crippen LogP contribution in [0.3, 0.4) is 0 Å². The number of carbonyl (C=O) groups excluding carboxylic acids is 2. The lowest BCUT2D eigenvalue weighted by molar-refractivity contribution is -0.128. The number of rotatable bonds is 9. The van der Waals surface area contributed by atoms with Crippen LogP contribution in [-0.4, -0.2) is 49.1 Å². The molecule has 2 aliphatic rings. The van der Waals surface area contributed by atoms with Crippen LogP contribution >= 0.6 is 23.2 Å². The van der Waals surface area contributed by atoms with Crippen LogP contribution in [0.2, 0.25) is 10.0 Å². The van der Waals surface area contributed by atoms with Crippen molar-refractivity contribution >= 4 is 35.0 Å². The second kappa shape index (κ2) is 9.37. The maximum absolute atomic E-state index is 12.4. The average molecular weight is 463 g/mol. The molecule has 164 valence electrons. The van der Waals surface area contributed by atoms with Gasteiger partial charge < -0.3 is 19.7 Å². The van der Waals surface area contributed by atoms with Gasteiger partial charge in [-0.2, -0.15) is 0 Å². The molecule has 8 heteroatoms. The maximum Gasteiger partial charge on any atom is 0.258 e. The van der Waals surface area contributed by atoms with Gasteiger partial charge in [0.25, 0.3) is 5.91 Å². The molecule has 6 nitrogen and oxygen atoms in total. The SMILES string of the molecule is O=C(COc1ccc(Cl)cc1)NC1CC12CC(=O)N(CCCOc1ccc(Cl)cc1)C2. The van der Waals surface area contributed by atoms with Crippen molar-refractivity contribution in [1.82, 2.24) is 10.2 Å². The van der Waals surface area contributed by atoms with Gasteiger partial charge in [0.1, 0.15) is 11.5 Å². The molecule has 1 spiro atoms. The predicted octanol–water partition coefficient (Wildman–Crippen LogP) is 3.95. The molecule has 2 fully saturated rings. The molecular weight excluding hydrogens is 439 g/mol. The van der Waals surface area contributed by atoms with Gasteiger partial charge in [-0.15, -0.1) is 0 Å². The Morgan fingerprint density at radius 1 is 1.03 bits per heavy atom. The van der Waals surface area contributed by atoms with Crippen molar-refractivity contribution in [3.8, 4) is 11.5 Å². The fraction of sp³-hybridized carbons (Fsp3) is 0.391. The predicted molar refractivity (Wildman–Crippen MR) is 119 cm³/mol. The van der Waals surface area contributed by atoms with Crippen LogP contribution in [0.4, 0.5) is 0 Å². The van der Waals surface area contributed by atoms with Gasteiger partial charge in [0, 0.05) is 41.0 Å². The van der Waals surface area contributed by atoms with Crippen molar-refractivity contribution in [3.63, 3.8) is 0 Å². The van der Waals surface area contributed by atoms with Crippen LogP contribution in [0.5, 0.6) is 11.5 Å². The van der Waals surface area contributed by atoms with E-state index in [1.54, 1.807) is 36.4 Å². The highest BCUT2D eigenvalue weighted by molar-refractivity contribution is 6.30. The number of benzene rings is 2. The minimum atomic E-state index is -0.181. The number of nitrogens with one attached hydrogen (secondary N) is 1. The monoisotopic (exact) mass is 462 g/mol. The zero-order valence-corrected chi connectivity index (χ0v) is 18.5. The molecule has 2 amide bonds. The summed E-state index contributed by atoms with van der Waals surface area (Å²) in [5, 5.41) is 4.28. The van der Waals surface area contributed by atoms with E-state index in [0.29, 0.717) is 41.9 Å². The zero-order valence-electron chi connectivity index (χ0n) is 17.0. The quantitative estimate of drug-likeness (QED) is 0.572. The molecule has 1 aliphatic heterocycles. The number of likely N-dealkylation sites (tertiary alicyclic amines) is 1. The summed E-state index contributed by atoms with van der Waals surface area (Å²) in [5.74, 6) is 1.31. The standard InChI is InChI=1S/C23H24Cl2N2O4/c24-16-2-6-18(7-3-16)30-11-1-10-27-15-23(13-22(27)29)12-20(23)26-21(28)14-31-19-8-4-17(25)5-9-19/h2-9,20H,1,10-15H2,(H,26,28). The van der Waals surface area contributed by atoms with E-state index in [2.05, 4.69) is 5.32 Å². The number of nitrogens with zero attached hydrogens (tertiary/aromatic N) is 1. The van der Waals surface area contributed by atoms with Crippen LogP contribution in [0.15, 0.2) is 48.5 Å². The topological polar surface area (TPSA) is 67.9 Å². The summed E-state index contributed by atoms with van der Waals surface area (Å²) in [6.07, 6.45) is 2.05. The molecule has 4 rings (SSSR count). The highest BCUT2D eigenvalue weighted by atomic mass is 35.5. The summed E-state index contributed by atoms with van der Waals surface area (Å²) in [5.41, 5.74) is -0.135. The Kier molecular flexibility index (Phi) is 6.58. The highest BCUT2D eigenvalue weighted by Crippen LogP contribution is 2.53. The molecule has 2 atom stereocenters. The van der Waals surface area contributed by atoms with Crippen molar-refractivity contribution in [2.24, 2.45) is 5.41 Å². The lowest BCUT2D eigenvalue weighted by Gasteiger charge is -2.17. The molecule has 2 aromatic rings. The van der Waals surface area contributed by atoms with Crippen molar-refractivity contribution in [3.05, 3.63) is 58.6 Å². The van der Waals surface area contributed by atoms with E-state index >= 15 is 0 Å². The van der Waals surface area contributed by atoms with E-state index < -0.39 is 0 Å². The van der Waals surface area contributed by atoms with E-state index in [1.807, 2.05) is 17.0 Å². The third-order valence-corrected chi connectivity index (χ3v) is 6.23. The largest absolute Gasteiger partial charge is 0.494 e. The smallest absolute Gasteiger partial charge is 0.258 e. The molecule has 1 N–H and O–H groups in total. The fourth-order valence-electron chi connectivity index (χ4n) is 3.95. The Balaban J connectivity index is 1.16. The summed E-state index contributed by atoms with van der Waals surface area (Å²) in [7, 11) is 0. The molecule has 1 heterocycles. The Morgan fingerprint density at radius 2 is 1.65 bits per heavy atom. The molecule has 1 saturated carbocycles.